The van der Waals surface area contributed by atoms with Gasteiger partial charge in [0.05, 0.1) is 0 Å². The number of carboxylic acid groups (broad SMARTS) is 1. The molecule has 1 saturated carbocycles. The van der Waals surface area contributed by atoms with Gasteiger partial charge in [0.25, 0.3) is 0 Å². The first kappa shape index (κ1) is 15.8. The molecule has 19 heavy (non-hydrogen) atoms. The Morgan fingerprint density at radius 2 is 2.00 bits per heavy atom. The Morgan fingerprint density at radius 1 is 1.37 bits per heavy atom. The zero-order chi connectivity index (χ0) is 14.4. The molecule has 0 spiro atoms. The van der Waals surface area contributed by atoms with E-state index in [-0.39, 0.29) is 11.9 Å². The van der Waals surface area contributed by atoms with Crippen LogP contribution in [0, 0.1) is 11.8 Å². The number of carbonyl (C=O) groups excluding carboxylic acids is 1. The Bertz CT molecular complexity index is 314. The Kier molecular flexibility index (Phi) is 6.12. The highest BCUT2D eigenvalue weighted by Gasteiger charge is 2.26. The zero-order valence-corrected chi connectivity index (χ0v) is 12.2. The van der Waals surface area contributed by atoms with Gasteiger partial charge in [0, 0.05) is 13.1 Å². The van der Waals surface area contributed by atoms with Crippen LogP contribution in [-0.4, -0.2) is 41.1 Å². The molecule has 1 aliphatic carbocycles. The standard InChI is InChI=1S/C14H26N2O3/c1-4-16(9-11-6-5-7-11)14(19)15-12(13(17)18)8-10(2)3/h10-12H,4-9H2,1-3H3,(H,15,19)(H,17,18). The SMILES string of the molecule is CCN(CC1CCC1)C(=O)NC(CC(C)C)C(=O)O. The number of urea groups is 1. The van der Waals surface area contributed by atoms with E-state index in [0.717, 1.165) is 6.54 Å². The monoisotopic (exact) mass is 270 g/mol. The maximum atomic E-state index is 12.1. The van der Waals surface area contributed by atoms with E-state index in [1.807, 2.05) is 20.8 Å². The molecular formula is C14H26N2O3. The Balaban J connectivity index is 2.50. The van der Waals surface area contributed by atoms with Gasteiger partial charge in [-0.25, -0.2) is 9.59 Å². The van der Waals surface area contributed by atoms with Gasteiger partial charge < -0.3 is 15.3 Å². The molecule has 1 fully saturated rings. The number of hydrogen-bond donors (Lipinski definition) is 2. The quantitative estimate of drug-likeness (QED) is 0.746. The predicted octanol–water partition coefficient (Wildman–Crippen LogP) is 2.32. The number of amides is 2. The molecule has 0 aromatic heterocycles. The van der Waals surface area contributed by atoms with Crippen molar-refractivity contribution in [1.29, 1.82) is 0 Å². The number of carbonyl (C=O) groups is 2. The van der Waals surface area contributed by atoms with Gasteiger partial charge >= 0.3 is 12.0 Å². The van der Waals surface area contributed by atoms with Crippen LogP contribution in [0.1, 0.15) is 46.5 Å². The molecule has 0 bridgehead atoms. The number of hydrogen-bond acceptors (Lipinski definition) is 2. The summed E-state index contributed by atoms with van der Waals surface area (Å²) in [6, 6.07) is -1.04. The van der Waals surface area contributed by atoms with Crippen LogP contribution in [0.4, 0.5) is 4.79 Å². The summed E-state index contributed by atoms with van der Waals surface area (Å²) in [4.78, 5) is 25.0. The Hall–Kier alpha value is -1.26. The molecule has 1 unspecified atom stereocenters. The molecule has 0 aromatic rings. The predicted molar refractivity (Wildman–Crippen MR) is 74.0 cm³/mol. The van der Waals surface area contributed by atoms with Gasteiger partial charge in [0.2, 0.25) is 0 Å². The van der Waals surface area contributed by atoms with E-state index in [4.69, 9.17) is 5.11 Å². The summed E-state index contributed by atoms with van der Waals surface area (Å²) >= 11 is 0. The lowest BCUT2D eigenvalue weighted by Gasteiger charge is -2.32. The normalized spacial score (nSPS) is 16.8. The molecule has 5 nitrogen and oxygen atoms in total. The summed E-state index contributed by atoms with van der Waals surface area (Å²) in [5, 5.41) is 11.8. The van der Waals surface area contributed by atoms with Crippen LogP contribution in [0.5, 0.6) is 0 Å². The van der Waals surface area contributed by atoms with E-state index >= 15 is 0 Å². The minimum Gasteiger partial charge on any atom is -0.480 e. The summed E-state index contributed by atoms with van der Waals surface area (Å²) in [5.74, 6) is -0.121. The largest absolute Gasteiger partial charge is 0.480 e. The summed E-state index contributed by atoms with van der Waals surface area (Å²) < 4.78 is 0. The van der Waals surface area contributed by atoms with Crippen molar-refractivity contribution < 1.29 is 14.7 Å². The lowest BCUT2D eigenvalue weighted by atomic mass is 9.85. The number of nitrogens with one attached hydrogen (secondary N) is 1. The second kappa shape index (κ2) is 7.36. The van der Waals surface area contributed by atoms with Crippen LogP contribution in [0.25, 0.3) is 0 Å². The first-order chi connectivity index (χ1) is 8.93. The number of nitrogens with zero attached hydrogens (tertiary/aromatic N) is 1. The highest BCUT2D eigenvalue weighted by atomic mass is 16.4. The topological polar surface area (TPSA) is 69.6 Å². The van der Waals surface area contributed by atoms with E-state index in [1.54, 1.807) is 4.90 Å². The van der Waals surface area contributed by atoms with Gasteiger partial charge in [-0.3, -0.25) is 0 Å². The third-order valence-electron chi connectivity index (χ3n) is 3.68. The van der Waals surface area contributed by atoms with E-state index in [2.05, 4.69) is 5.32 Å². The third-order valence-corrected chi connectivity index (χ3v) is 3.68. The maximum absolute atomic E-state index is 12.1. The van der Waals surface area contributed by atoms with Crippen molar-refractivity contribution in [3.8, 4) is 0 Å². The number of aliphatic carboxylic acids is 1. The zero-order valence-electron chi connectivity index (χ0n) is 12.2. The lowest BCUT2D eigenvalue weighted by molar-refractivity contribution is -0.139. The second-order valence-electron chi connectivity index (χ2n) is 5.81. The van der Waals surface area contributed by atoms with Gasteiger partial charge in [-0.2, -0.15) is 0 Å². The molecule has 0 aromatic carbocycles. The highest BCUT2D eigenvalue weighted by molar-refractivity contribution is 5.82. The fourth-order valence-corrected chi connectivity index (χ4v) is 2.28. The summed E-state index contributed by atoms with van der Waals surface area (Å²) in [6.07, 6.45) is 4.06. The van der Waals surface area contributed by atoms with Crippen molar-refractivity contribution in [3.05, 3.63) is 0 Å². The molecule has 1 rings (SSSR count). The van der Waals surface area contributed by atoms with Crippen LogP contribution in [-0.2, 0) is 4.79 Å². The van der Waals surface area contributed by atoms with Crippen LogP contribution >= 0.6 is 0 Å². The molecule has 1 atom stereocenters. The lowest BCUT2D eigenvalue weighted by Crippen LogP contribution is -2.50. The molecule has 5 heteroatoms. The molecule has 0 saturated heterocycles. The van der Waals surface area contributed by atoms with Crippen LogP contribution in [0.15, 0.2) is 0 Å². The van der Waals surface area contributed by atoms with E-state index < -0.39 is 12.0 Å². The summed E-state index contributed by atoms with van der Waals surface area (Å²) in [6.45, 7) is 7.20. The first-order valence-corrected chi connectivity index (χ1v) is 7.22. The van der Waals surface area contributed by atoms with Gasteiger partial charge in [-0.15, -0.1) is 0 Å². The molecule has 110 valence electrons. The van der Waals surface area contributed by atoms with Gasteiger partial charge in [-0.05, 0) is 38.0 Å². The van der Waals surface area contributed by atoms with Gasteiger partial charge in [0.1, 0.15) is 6.04 Å². The molecular weight excluding hydrogens is 244 g/mol. The van der Waals surface area contributed by atoms with Crippen LogP contribution in [0.2, 0.25) is 0 Å². The highest BCUT2D eigenvalue weighted by Crippen LogP contribution is 2.27. The van der Waals surface area contributed by atoms with Crippen molar-refractivity contribution in [2.75, 3.05) is 13.1 Å². The average Bonchev–Trinajstić information content (AvgIpc) is 2.25. The Morgan fingerprint density at radius 3 is 2.37 bits per heavy atom. The van der Waals surface area contributed by atoms with E-state index in [1.165, 1.54) is 19.3 Å². The molecule has 0 heterocycles. The molecule has 2 amide bonds. The smallest absolute Gasteiger partial charge is 0.326 e. The van der Waals surface area contributed by atoms with Crippen molar-refractivity contribution in [2.24, 2.45) is 11.8 Å². The second-order valence-corrected chi connectivity index (χ2v) is 5.81. The minimum absolute atomic E-state index is 0.239. The third kappa shape index (κ3) is 5.09. The van der Waals surface area contributed by atoms with E-state index in [0.29, 0.717) is 18.9 Å². The summed E-state index contributed by atoms with van der Waals surface area (Å²) in [5.41, 5.74) is 0. The van der Waals surface area contributed by atoms with Gasteiger partial charge in [-0.1, -0.05) is 20.3 Å². The fourth-order valence-electron chi connectivity index (χ4n) is 2.28. The Labute approximate surface area is 115 Å². The van der Waals surface area contributed by atoms with Crippen LogP contribution in [0.3, 0.4) is 0 Å². The van der Waals surface area contributed by atoms with E-state index in [9.17, 15) is 9.59 Å². The fraction of sp³-hybridized carbons (Fsp3) is 0.857. The molecule has 0 radical (unpaired) electrons. The van der Waals surface area contributed by atoms with Crippen molar-refractivity contribution >= 4 is 12.0 Å². The van der Waals surface area contributed by atoms with Crippen molar-refractivity contribution in [3.63, 3.8) is 0 Å². The maximum Gasteiger partial charge on any atom is 0.326 e. The molecule has 0 aliphatic heterocycles. The minimum atomic E-state index is -0.957. The van der Waals surface area contributed by atoms with Crippen molar-refractivity contribution in [1.82, 2.24) is 10.2 Å². The van der Waals surface area contributed by atoms with Gasteiger partial charge in [0.15, 0.2) is 0 Å². The summed E-state index contributed by atoms with van der Waals surface area (Å²) in [7, 11) is 0. The van der Waals surface area contributed by atoms with Crippen LogP contribution < -0.4 is 5.32 Å². The molecule has 1 aliphatic rings. The average molecular weight is 270 g/mol. The molecule has 2 N–H and O–H groups in total. The first-order valence-electron chi connectivity index (χ1n) is 7.22. The van der Waals surface area contributed by atoms with Crippen molar-refractivity contribution in [2.45, 2.75) is 52.5 Å². The number of carboxylic acids is 1. The number of rotatable bonds is 7.